The van der Waals surface area contributed by atoms with Crippen molar-refractivity contribution in [1.29, 1.82) is 0 Å². The number of hydrogen-bond acceptors (Lipinski definition) is 12. The van der Waals surface area contributed by atoms with E-state index in [0.29, 0.717) is 73.8 Å². The lowest BCUT2D eigenvalue weighted by molar-refractivity contribution is -0.141. The molecule has 2 heterocycles. The molecule has 4 aromatic rings. The molecular formula is C41H40FNO12. The first-order valence-corrected chi connectivity index (χ1v) is 17.2. The summed E-state index contributed by atoms with van der Waals surface area (Å²) < 4.78 is 71.2. The molecule has 0 bridgehead atoms. The van der Waals surface area contributed by atoms with Gasteiger partial charge in [-0.15, -0.1) is 0 Å². The van der Waals surface area contributed by atoms with Gasteiger partial charge in [0, 0.05) is 17.4 Å². The summed E-state index contributed by atoms with van der Waals surface area (Å²) in [5, 5.41) is 3.22. The molecule has 14 heteroatoms. The van der Waals surface area contributed by atoms with E-state index in [0.717, 1.165) is 0 Å². The molecule has 0 saturated carbocycles. The van der Waals surface area contributed by atoms with E-state index in [9.17, 15) is 14.0 Å². The van der Waals surface area contributed by atoms with Gasteiger partial charge in [-0.2, -0.15) is 0 Å². The molecule has 0 unspecified atom stereocenters. The second-order valence-electron chi connectivity index (χ2n) is 12.9. The molecule has 0 radical (unpaired) electrons. The quantitative estimate of drug-likeness (QED) is 0.104. The Labute approximate surface area is 316 Å². The molecule has 1 amide bonds. The SMILES string of the molecule is COc1ccc(/C=C(/C(=O)N[C@@H]2c3cc4c(cc3[C@@H](c3cc(OC)c(OC)c(OC)c3)[C@H]3C(=O)OC[C@@H]32)OCO4)c2cc(OC)c(OC)c(OC)c2)cc1F. The first-order valence-electron chi connectivity index (χ1n) is 17.2. The van der Waals surface area contributed by atoms with E-state index < -0.39 is 41.5 Å². The Kier molecular flexibility index (Phi) is 10.2. The topological polar surface area (TPSA) is 138 Å². The lowest BCUT2D eigenvalue weighted by Crippen LogP contribution is -2.43. The number of halogens is 1. The number of methoxy groups -OCH3 is 7. The van der Waals surface area contributed by atoms with Gasteiger partial charge >= 0.3 is 5.97 Å². The molecule has 4 atom stereocenters. The number of carbonyl (C=O) groups excluding carboxylic acids is 2. The Morgan fingerprint density at radius 3 is 1.82 bits per heavy atom. The van der Waals surface area contributed by atoms with E-state index in [2.05, 4.69) is 5.32 Å². The third-order valence-corrected chi connectivity index (χ3v) is 10.2. The molecule has 0 aromatic heterocycles. The molecular weight excluding hydrogens is 717 g/mol. The van der Waals surface area contributed by atoms with Crippen LogP contribution in [0.5, 0.6) is 51.7 Å². The van der Waals surface area contributed by atoms with Crippen molar-refractivity contribution in [3.05, 3.63) is 88.2 Å². The number of esters is 1. The van der Waals surface area contributed by atoms with Crippen molar-refractivity contribution in [3.8, 4) is 51.7 Å². The summed E-state index contributed by atoms with van der Waals surface area (Å²) in [6, 6.07) is 14.1. The van der Waals surface area contributed by atoms with E-state index in [1.54, 1.807) is 36.4 Å². The maximum Gasteiger partial charge on any atom is 0.310 e. The molecule has 55 heavy (non-hydrogen) atoms. The van der Waals surface area contributed by atoms with Crippen LogP contribution in [0, 0.1) is 17.7 Å². The number of amides is 1. The summed E-state index contributed by atoms with van der Waals surface area (Å²) in [5.74, 6) is -0.262. The lowest BCUT2D eigenvalue weighted by Gasteiger charge is -2.39. The number of nitrogens with one attached hydrogen (secondary N) is 1. The average Bonchev–Trinajstić information content (AvgIpc) is 3.83. The van der Waals surface area contributed by atoms with Gasteiger partial charge in [-0.25, -0.2) is 4.39 Å². The molecule has 288 valence electrons. The molecule has 2 aliphatic heterocycles. The van der Waals surface area contributed by atoms with Crippen molar-refractivity contribution >= 4 is 23.5 Å². The molecule has 1 fully saturated rings. The van der Waals surface area contributed by atoms with Crippen LogP contribution in [0.25, 0.3) is 11.6 Å². The summed E-state index contributed by atoms with van der Waals surface area (Å²) in [5.41, 5.74) is 3.00. The van der Waals surface area contributed by atoms with Gasteiger partial charge in [-0.3, -0.25) is 9.59 Å². The van der Waals surface area contributed by atoms with Crippen molar-refractivity contribution in [2.75, 3.05) is 63.2 Å². The zero-order valence-corrected chi connectivity index (χ0v) is 31.3. The van der Waals surface area contributed by atoms with Crippen molar-refractivity contribution < 1.29 is 61.3 Å². The third-order valence-electron chi connectivity index (χ3n) is 10.2. The predicted octanol–water partition coefficient (Wildman–Crippen LogP) is 5.95. The van der Waals surface area contributed by atoms with E-state index in [1.165, 1.54) is 61.9 Å². The van der Waals surface area contributed by atoms with Crippen molar-refractivity contribution in [1.82, 2.24) is 5.32 Å². The van der Waals surface area contributed by atoms with Crippen LogP contribution >= 0.6 is 0 Å². The number of ether oxygens (including phenoxy) is 10. The molecule has 4 aromatic carbocycles. The number of rotatable bonds is 12. The molecule has 13 nitrogen and oxygen atoms in total. The molecule has 7 rings (SSSR count). The third kappa shape index (κ3) is 6.51. The standard InChI is InChI=1S/C41H40FNO12/c1-46-28-9-8-20(11-27(28)42)10-23(21-12-31(47-2)38(51-6)32(13-21)48-3)40(44)43-37-25-17-30-29(54-19-55-30)16-24(25)35(36-26(37)18-53-41(36)45)22-14-33(49-4)39(52-7)34(15-22)50-5/h8-17,26,35-37H,18-19H2,1-7H3,(H,43,44)/b23-10+/t26-,35+,36-,37+/m0/s1. The number of benzene rings is 4. The average molecular weight is 758 g/mol. The maximum absolute atomic E-state index is 15.0. The Morgan fingerprint density at radius 2 is 1.27 bits per heavy atom. The number of fused-ring (bicyclic) bond motifs is 3. The summed E-state index contributed by atoms with van der Waals surface area (Å²) in [4.78, 5) is 28.6. The fourth-order valence-corrected chi connectivity index (χ4v) is 7.70. The van der Waals surface area contributed by atoms with Crippen molar-refractivity contribution in [2.24, 2.45) is 11.8 Å². The van der Waals surface area contributed by atoms with Gasteiger partial charge in [0.05, 0.1) is 68.3 Å². The summed E-state index contributed by atoms with van der Waals surface area (Å²) in [6.45, 7) is 0.0294. The fourth-order valence-electron chi connectivity index (χ4n) is 7.70. The van der Waals surface area contributed by atoms with Gasteiger partial charge in [-0.1, -0.05) is 6.07 Å². The van der Waals surface area contributed by atoms with Gasteiger partial charge in [0.25, 0.3) is 5.91 Å². The molecule has 1 N–H and O–H groups in total. The second-order valence-corrected chi connectivity index (χ2v) is 12.9. The number of cyclic esters (lactones) is 1. The molecule has 1 aliphatic carbocycles. The highest BCUT2D eigenvalue weighted by Gasteiger charge is 2.53. The monoisotopic (exact) mass is 757 g/mol. The van der Waals surface area contributed by atoms with E-state index in [4.69, 9.17) is 47.4 Å². The summed E-state index contributed by atoms with van der Waals surface area (Å²) >= 11 is 0. The predicted molar refractivity (Wildman–Crippen MR) is 196 cm³/mol. The van der Waals surface area contributed by atoms with Crippen LogP contribution in [0.1, 0.15) is 39.8 Å². The molecule has 1 saturated heterocycles. The Morgan fingerprint density at radius 1 is 0.709 bits per heavy atom. The zero-order valence-electron chi connectivity index (χ0n) is 31.3. The minimum atomic E-state index is -0.759. The first kappa shape index (κ1) is 37.0. The minimum absolute atomic E-state index is 0.00540. The largest absolute Gasteiger partial charge is 0.494 e. The van der Waals surface area contributed by atoms with Gasteiger partial charge in [-0.05, 0) is 82.4 Å². The van der Waals surface area contributed by atoms with Crippen LogP contribution < -0.4 is 47.9 Å². The smallest absolute Gasteiger partial charge is 0.310 e. The van der Waals surface area contributed by atoms with Crippen molar-refractivity contribution in [2.45, 2.75) is 12.0 Å². The van der Waals surface area contributed by atoms with Gasteiger partial charge in [0.15, 0.2) is 46.1 Å². The van der Waals surface area contributed by atoms with Gasteiger partial charge < -0.3 is 52.7 Å². The van der Waals surface area contributed by atoms with Crippen LogP contribution in [0.15, 0.2) is 54.6 Å². The highest BCUT2D eigenvalue weighted by atomic mass is 19.1. The fraction of sp³-hybridized carbons (Fsp3) is 0.317. The highest BCUT2D eigenvalue weighted by Crippen LogP contribution is 2.56. The summed E-state index contributed by atoms with van der Waals surface area (Å²) in [6.07, 6.45) is 1.55. The lowest BCUT2D eigenvalue weighted by atomic mass is 9.65. The first-order chi connectivity index (χ1) is 26.7. The van der Waals surface area contributed by atoms with Gasteiger partial charge in [0.1, 0.15) is 0 Å². The Hall–Kier alpha value is -6.31. The molecule has 0 spiro atoms. The van der Waals surface area contributed by atoms with Crippen LogP contribution in [0.4, 0.5) is 4.39 Å². The Bertz CT molecular complexity index is 2130. The van der Waals surface area contributed by atoms with Crippen LogP contribution in [-0.4, -0.2) is 75.0 Å². The Balaban J connectivity index is 1.39. The van der Waals surface area contributed by atoms with Crippen LogP contribution in [0.2, 0.25) is 0 Å². The molecule has 3 aliphatic rings. The maximum atomic E-state index is 15.0. The van der Waals surface area contributed by atoms with E-state index in [1.807, 2.05) is 12.1 Å². The van der Waals surface area contributed by atoms with Crippen LogP contribution in [0.3, 0.4) is 0 Å². The second kappa shape index (κ2) is 15.2. The minimum Gasteiger partial charge on any atom is -0.494 e. The highest BCUT2D eigenvalue weighted by molar-refractivity contribution is 6.24. The van der Waals surface area contributed by atoms with Crippen molar-refractivity contribution in [3.63, 3.8) is 0 Å². The van der Waals surface area contributed by atoms with Crippen LogP contribution in [-0.2, 0) is 14.3 Å². The normalized spacial score (nSPS) is 19.4. The number of hydrogen-bond donors (Lipinski definition) is 1. The zero-order chi connectivity index (χ0) is 39.0. The number of carbonyl (C=O) groups is 2. The van der Waals surface area contributed by atoms with Gasteiger partial charge in [0.2, 0.25) is 18.3 Å². The summed E-state index contributed by atoms with van der Waals surface area (Å²) in [7, 11) is 10.3. The van der Waals surface area contributed by atoms with E-state index >= 15 is 0 Å². The van der Waals surface area contributed by atoms with E-state index in [-0.39, 0.29) is 24.7 Å².